The van der Waals surface area contributed by atoms with Gasteiger partial charge in [0.2, 0.25) is 0 Å². The standard InChI is InChI=1S/C12H14N4O2/c1-7-3-4-10(15-13)9(5-7)12(17)14-11-6-8(2)18-16-11/h3-6,15H,13H2,1-2H3,(H,14,16,17). The number of hydrazine groups is 1. The highest BCUT2D eigenvalue weighted by Gasteiger charge is 2.13. The van der Waals surface area contributed by atoms with Crippen LogP contribution in [0.5, 0.6) is 0 Å². The SMILES string of the molecule is Cc1ccc(NN)c(C(=O)Nc2cc(C)on2)c1. The number of carbonyl (C=O) groups is 1. The van der Waals surface area contributed by atoms with Crippen LogP contribution >= 0.6 is 0 Å². The lowest BCUT2D eigenvalue weighted by Gasteiger charge is -2.08. The number of benzene rings is 1. The van der Waals surface area contributed by atoms with Gasteiger partial charge in [0.1, 0.15) is 5.76 Å². The van der Waals surface area contributed by atoms with Crippen LogP contribution < -0.4 is 16.6 Å². The number of hydrogen-bond donors (Lipinski definition) is 3. The first-order chi connectivity index (χ1) is 8.60. The summed E-state index contributed by atoms with van der Waals surface area (Å²) >= 11 is 0. The number of rotatable bonds is 3. The van der Waals surface area contributed by atoms with E-state index in [-0.39, 0.29) is 5.91 Å². The van der Waals surface area contributed by atoms with Crippen LogP contribution in [-0.2, 0) is 0 Å². The van der Waals surface area contributed by atoms with E-state index in [0.29, 0.717) is 22.8 Å². The fraction of sp³-hybridized carbons (Fsp3) is 0.167. The van der Waals surface area contributed by atoms with Crippen LogP contribution in [-0.4, -0.2) is 11.1 Å². The minimum absolute atomic E-state index is 0.292. The van der Waals surface area contributed by atoms with Crippen molar-refractivity contribution in [3.63, 3.8) is 0 Å². The number of anilines is 2. The minimum atomic E-state index is -0.292. The lowest BCUT2D eigenvalue weighted by Crippen LogP contribution is -2.17. The molecule has 0 spiro atoms. The van der Waals surface area contributed by atoms with Crippen molar-refractivity contribution >= 4 is 17.4 Å². The van der Waals surface area contributed by atoms with Crippen molar-refractivity contribution in [1.82, 2.24) is 5.16 Å². The third-order valence-corrected chi connectivity index (χ3v) is 2.44. The van der Waals surface area contributed by atoms with Crippen LogP contribution in [0.1, 0.15) is 21.7 Å². The maximum absolute atomic E-state index is 12.1. The summed E-state index contributed by atoms with van der Waals surface area (Å²) in [6.07, 6.45) is 0. The first kappa shape index (κ1) is 12.1. The van der Waals surface area contributed by atoms with E-state index in [4.69, 9.17) is 10.4 Å². The highest BCUT2D eigenvalue weighted by molar-refractivity contribution is 6.07. The van der Waals surface area contributed by atoms with E-state index in [1.807, 2.05) is 13.0 Å². The number of carbonyl (C=O) groups excluding carboxylic acids is 1. The molecule has 0 unspecified atom stereocenters. The molecule has 6 nitrogen and oxygen atoms in total. The van der Waals surface area contributed by atoms with Crippen molar-refractivity contribution in [3.8, 4) is 0 Å². The van der Waals surface area contributed by atoms with Gasteiger partial charge >= 0.3 is 0 Å². The van der Waals surface area contributed by atoms with Crippen LogP contribution in [0.15, 0.2) is 28.8 Å². The molecule has 0 aliphatic carbocycles. The molecular weight excluding hydrogens is 232 g/mol. The van der Waals surface area contributed by atoms with Gasteiger partial charge in [0.05, 0.1) is 11.3 Å². The second-order valence-corrected chi connectivity index (χ2v) is 3.97. The topological polar surface area (TPSA) is 93.2 Å². The van der Waals surface area contributed by atoms with Crippen molar-refractivity contribution in [3.05, 3.63) is 41.2 Å². The van der Waals surface area contributed by atoms with Gasteiger partial charge in [0.15, 0.2) is 5.82 Å². The molecule has 1 heterocycles. The Kier molecular flexibility index (Phi) is 3.29. The van der Waals surface area contributed by atoms with Gasteiger partial charge in [-0.2, -0.15) is 0 Å². The number of aryl methyl sites for hydroxylation is 2. The third kappa shape index (κ3) is 2.49. The highest BCUT2D eigenvalue weighted by atomic mass is 16.5. The number of nitrogens with two attached hydrogens (primary N) is 1. The lowest BCUT2D eigenvalue weighted by atomic mass is 10.1. The number of amides is 1. The smallest absolute Gasteiger partial charge is 0.259 e. The van der Waals surface area contributed by atoms with Crippen molar-refractivity contribution in [2.24, 2.45) is 5.84 Å². The molecule has 0 bridgehead atoms. The maximum Gasteiger partial charge on any atom is 0.259 e. The predicted molar refractivity (Wildman–Crippen MR) is 68.2 cm³/mol. The molecule has 0 saturated carbocycles. The number of nitrogen functional groups attached to an aromatic ring is 1. The van der Waals surface area contributed by atoms with E-state index in [1.54, 1.807) is 25.1 Å². The Balaban J connectivity index is 2.25. The summed E-state index contributed by atoms with van der Waals surface area (Å²) < 4.78 is 4.88. The Morgan fingerprint density at radius 1 is 1.33 bits per heavy atom. The van der Waals surface area contributed by atoms with Crippen LogP contribution in [0.2, 0.25) is 0 Å². The van der Waals surface area contributed by atoms with E-state index < -0.39 is 0 Å². The van der Waals surface area contributed by atoms with Gasteiger partial charge in [-0.15, -0.1) is 0 Å². The lowest BCUT2D eigenvalue weighted by molar-refractivity contribution is 0.102. The van der Waals surface area contributed by atoms with Gasteiger partial charge in [0.25, 0.3) is 5.91 Å². The van der Waals surface area contributed by atoms with E-state index in [9.17, 15) is 4.79 Å². The minimum Gasteiger partial charge on any atom is -0.360 e. The number of nitrogens with one attached hydrogen (secondary N) is 2. The number of aromatic nitrogens is 1. The molecule has 2 rings (SSSR count). The molecule has 1 amide bonds. The molecule has 1 aromatic carbocycles. The van der Waals surface area contributed by atoms with Crippen molar-refractivity contribution in [1.29, 1.82) is 0 Å². The van der Waals surface area contributed by atoms with Gasteiger partial charge in [-0.3, -0.25) is 10.6 Å². The van der Waals surface area contributed by atoms with Gasteiger partial charge in [-0.25, -0.2) is 0 Å². The van der Waals surface area contributed by atoms with Gasteiger partial charge in [-0.05, 0) is 26.0 Å². The molecule has 4 N–H and O–H groups in total. The fourth-order valence-electron chi connectivity index (χ4n) is 1.58. The average molecular weight is 246 g/mol. The van der Waals surface area contributed by atoms with Crippen LogP contribution in [0, 0.1) is 13.8 Å². The van der Waals surface area contributed by atoms with E-state index in [2.05, 4.69) is 15.9 Å². The zero-order chi connectivity index (χ0) is 13.1. The van der Waals surface area contributed by atoms with Crippen molar-refractivity contribution in [2.45, 2.75) is 13.8 Å². The third-order valence-electron chi connectivity index (χ3n) is 2.44. The molecule has 1 aromatic heterocycles. The Morgan fingerprint density at radius 2 is 2.11 bits per heavy atom. The zero-order valence-electron chi connectivity index (χ0n) is 10.2. The second kappa shape index (κ2) is 4.89. The summed E-state index contributed by atoms with van der Waals surface area (Å²) in [5, 5.41) is 6.34. The first-order valence-corrected chi connectivity index (χ1v) is 5.42. The van der Waals surface area contributed by atoms with Crippen LogP contribution in [0.25, 0.3) is 0 Å². The second-order valence-electron chi connectivity index (χ2n) is 3.97. The predicted octanol–water partition coefficient (Wildman–Crippen LogP) is 1.83. The molecule has 2 aromatic rings. The molecule has 0 fully saturated rings. The largest absolute Gasteiger partial charge is 0.360 e. The highest BCUT2D eigenvalue weighted by Crippen LogP contribution is 2.18. The van der Waals surface area contributed by atoms with Gasteiger partial charge < -0.3 is 15.3 Å². The molecule has 94 valence electrons. The molecule has 0 aliphatic heterocycles. The zero-order valence-corrected chi connectivity index (χ0v) is 10.2. The quantitative estimate of drug-likeness (QED) is 0.567. The van der Waals surface area contributed by atoms with Gasteiger partial charge in [0, 0.05) is 6.07 Å². The Labute approximate surface area is 104 Å². The summed E-state index contributed by atoms with van der Waals surface area (Å²) in [7, 11) is 0. The molecule has 0 saturated heterocycles. The molecule has 0 aliphatic rings. The number of nitrogens with zero attached hydrogens (tertiary/aromatic N) is 1. The summed E-state index contributed by atoms with van der Waals surface area (Å²) in [5.41, 5.74) is 4.47. The van der Waals surface area contributed by atoms with Crippen molar-refractivity contribution < 1.29 is 9.32 Å². The Morgan fingerprint density at radius 3 is 2.72 bits per heavy atom. The molecule has 18 heavy (non-hydrogen) atoms. The molecule has 0 atom stereocenters. The van der Waals surface area contributed by atoms with Crippen molar-refractivity contribution in [2.75, 3.05) is 10.7 Å². The number of hydrogen-bond acceptors (Lipinski definition) is 5. The Hall–Kier alpha value is -2.34. The van der Waals surface area contributed by atoms with E-state index in [0.717, 1.165) is 5.56 Å². The molecular formula is C12H14N4O2. The summed E-state index contributed by atoms with van der Waals surface area (Å²) in [5.74, 6) is 6.09. The fourth-order valence-corrected chi connectivity index (χ4v) is 1.58. The first-order valence-electron chi connectivity index (χ1n) is 5.42. The summed E-state index contributed by atoms with van der Waals surface area (Å²) in [6.45, 7) is 3.65. The summed E-state index contributed by atoms with van der Waals surface area (Å²) in [4.78, 5) is 12.1. The maximum atomic E-state index is 12.1. The Bertz CT molecular complexity index is 577. The average Bonchev–Trinajstić information content (AvgIpc) is 2.74. The van der Waals surface area contributed by atoms with Crippen LogP contribution in [0.3, 0.4) is 0 Å². The van der Waals surface area contributed by atoms with E-state index in [1.165, 1.54) is 0 Å². The van der Waals surface area contributed by atoms with Crippen LogP contribution in [0.4, 0.5) is 11.5 Å². The molecule has 0 radical (unpaired) electrons. The summed E-state index contributed by atoms with van der Waals surface area (Å²) in [6, 6.07) is 7.01. The normalized spacial score (nSPS) is 10.2. The molecule has 6 heteroatoms. The van der Waals surface area contributed by atoms with E-state index >= 15 is 0 Å². The monoisotopic (exact) mass is 246 g/mol. The van der Waals surface area contributed by atoms with Gasteiger partial charge in [-0.1, -0.05) is 16.8 Å².